The van der Waals surface area contributed by atoms with E-state index in [4.69, 9.17) is 9.47 Å². The van der Waals surface area contributed by atoms with Gasteiger partial charge in [0.2, 0.25) is 0 Å². The Morgan fingerprint density at radius 2 is 2.55 bits per heavy atom. The zero-order valence-corrected chi connectivity index (χ0v) is 6.84. The molecule has 0 amide bonds. The van der Waals surface area contributed by atoms with Gasteiger partial charge in [0.25, 0.3) is 0 Å². The third kappa shape index (κ3) is 2.89. The fraction of sp³-hybridized carbons (Fsp3) is 0.875. The highest BCUT2D eigenvalue weighted by molar-refractivity contribution is 5.69. The van der Waals surface area contributed by atoms with E-state index in [1.807, 2.05) is 6.92 Å². The van der Waals surface area contributed by atoms with Crippen LogP contribution in [-0.4, -0.2) is 25.8 Å². The van der Waals surface area contributed by atoms with E-state index in [1.54, 1.807) is 0 Å². The Hall–Kier alpha value is -0.570. The van der Waals surface area contributed by atoms with Crippen molar-refractivity contribution in [2.75, 3.05) is 19.8 Å². The first-order valence-corrected chi connectivity index (χ1v) is 4.06. The van der Waals surface area contributed by atoms with E-state index < -0.39 is 0 Å². The van der Waals surface area contributed by atoms with Crippen molar-refractivity contribution in [2.45, 2.75) is 19.8 Å². The highest BCUT2D eigenvalue weighted by Gasteiger charge is 2.19. The minimum atomic E-state index is -0.0944. The second-order valence-corrected chi connectivity index (χ2v) is 2.74. The van der Waals surface area contributed by atoms with Crippen molar-refractivity contribution in [3.63, 3.8) is 0 Å². The number of rotatable bonds is 3. The molecule has 0 aromatic rings. The molecule has 1 saturated heterocycles. The molecule has 11 heavy (non-hydrogen) atoms. The van der Waals surface area contributed by atoms with Gasteiger partial charge in [0.15, 0.2) is 0 Å². The molecule has 0 bridgehead atoms. The molecule has 0 aromatic carbocycles. The van der Waals surface area contributed by atoms with Crippen LogP contribution in [0.3, 0.4) is 0 Å². The summed E-state index contributed by atoms with van der Waals surface area (Å²) >= 11 is 0. The maximum atomic E-state index is 10.9. The van der Waals surface area contributed by atoms with Crippen LogP contribution >= 0.6 is 0 Å². The number of carbonyl (C=O) groups excluding carboxylic acids is 1. The van der Waals surface area contributed by atoms with Crippen molar-refractivity contribution in [3.8, 4) is 0 Å². The average Bonchev–Trinajstić information content (AvgIpc) is 2.40. The van der Waals surface area contributed by atoms with Gasteiger partial charge in [-0.25, -0.2) is 0 Å². The molecule has 1 rings (SSSR count). The van der Waals surface area contributed by atoms with E-state index >= 15 is 0 Å². The minimum Gasteiger partial charge on any atom is -0.466 e. The lowest BCUT2D eigenvalue weighted by Crippen LogP contribution is -2.11. The highest BCUT2D eigenvalue weighted by Crippen LogP contribution is 2.16. The van der Waals surface area contributed by atoms with Gasteiger partial charge in [-0.1, -0.05) is 0 Å². The van der Waals surface area contributed by atoms with Crippen LogP contribution in [0.2, 0.25) is 0 Å². The van der Waals surface area contributed by atoms with Crippen molar-refractivity contribution in [1.82, 2.24) is 0 Å². The maximum absolute atomic E-state index is 10.9. The van der Waals surface area contributed by atoms with E-state index in [1.165, 1.54) is 0 Å². The smallest absolute Gasteiger partial charge is 0.306 e. The minimum absolute atomic E-state index is 0.0944. The molecule has 0 radical (unpaired) electrons. The molecule has 3 nitrogen and oxygen atoms in total. The number of hydrogen-bond acceptors (Lipinski definition) is 3. The van der Waals surface area contributed by atoms with Gasteiger partial charge in [0.1, 0.15) is 0 Å². The molecule has 1 aliphatic rings. The third-order valence-electron chi connectivity index (χ3n) is 1.78. The predicted molar refractivity (Wildman–Crippen MR) is 40.2 cm³/mol. The molecule has 1 aliphatic heterocycles. The molecule has 3 heteroatoms. The van der Waals surface area contributed by atoms with Gasteiger partial charge in [-0.2, -0.15) is 0 Å². The van der Waals surface area contributed by atoms with Crippen molar-refractivity contribution < 1.29 is 14.3 Å². The molecule has 1 fully saturated rings. The predicted octanol–water partition coefficient (Wildman–Crippen LogP) is 0.976. The van der Waals surface area contributed by atoms with E-state index in [0.29, 0.717) is 18.9 Å². The summed E-state index contributed by atoms with van der Waals surface area (Å²) in [5.74, 6) is 0.303. The Morgan fingerprint density at radius 1 is 1.73 bits per heavy atom. The van der Waals surface area contributed by atoms with Crippen molar-refractivity contribution >= 4 is 5.97 Å². The number of esters is 1. The second kappa shape index (κ2) is 4.34. The summed E-state index contributed by atoms with van der Waals surface area (Å²) in [5.41, 5.74) is 0. The first-order chi connectivity index (χ1) is 5.33. The molecule has 1 atom stereocenters. The van der Waals surface area contributed by atoms with Gasteiger partial charge in [-0.05, 0) is 19.3 Å². The molecule has 0 aromatic heterocycles. The fourth-order valence-electron chi connectivity index (χ4n) is 1.20. The standard InChI is InChI=1S/C8H14O3/c1-2-11-8(9)5-7-3-4-10-6-7/h7H,2-6H2,1H3/t7-/m0/s1. The molecule has 1 heterocycles. The maximum Gasteiger partial charge on any atom is 0.306 e. The van der Waals surface area contributed by atoms with Crippen LogP contribution in [-0.2, 0) is 14.3 Å². The molecule has 0 spiro atoms. The molecular formula is C8H14O3. The van der Waals surface area contributed by atoms with Gasteiger partial charge in [0.05, 0.1) is 19.6 Å². The summed E-state index contributed by atoms with van der Waals surface area (Å²) < 4.78 is 9.94. The normalized spacial score (nSPS) is 23.5. The van der Waals surface area contributed by atoms with Gasteiger partial charge in [-0.3, -0.25) is 4.79 Å². The zero-order valence-electron chi connectivity index (χ0n) is 6.84. The third-order valence-corrected chi connectivity index (χ3v) is 1.78. The monoisotopic (exact) mass is 158 g/mol. The Kier molecular flexibility index (Phi) is 3.36. The van der Waals surface area contributed by atoms with Gasteiger partial charge >= 0.3 is 5.97 Å². The van der Waals surface area contributed by atoms with Crippen LogP contribution in [0.5, 0.6) is 0 Å². The molecule has 64 valence electrons. The summed E-state index contributed by atoms with van der Waals surface area (Å²) in [6.45, 7) is 3.82. The first-order valence-electron chi connectivity index (χ1n) is 4.06. The summed E-state index contributed by atoms with van der Waals surface area (Å²) in [4.78, 5) is 10.9. The Bertz CT molecular complexity index is 127. The van der Waals surface area contributed by atoms with E-state index in [9.17, 15) is 4.79 Å². The Balaban J connectivity index is 2.13. The van der Waals surface area contributed by atoms with Crippen LogP contribution in [0.15, 0.2) is 0 Å². The van der Waals surface area contributed by atoms with Crippen LogP contribution in [0.1, 0.15) is 19.8 Å². The van der Waals surface area contributed by atoms with Crippen molar-refractivity contribution in [3.05, 3.63) is 0 Å². The first kappa shape index (κ1) is 8.53. The topological polar surface area (TPSA) is 35.5 Å². The quantitative estimate of drug-likeness (QED) is 0.574. The Labute approximate surface area is 66.7 Å². The summed E-state index contributed by atoms with van der Waals surface area (Å²) in [6, 6.07) is 0. The van der Waals surface area contributed by atoms with Crippen LogP contribution in [0, 0.1) is 5.92 Å². The molecule has 0 aliphatic carbocycles. The van der Waals surface area contributed by atoms with E-state index in [2.05, 4.69) is 0 Å². The lowest BCUT2D eigenvalue weighted by molar-refractivity contribution is -0.144. The van der Waals surface area contributed by atoms with Crippen LogP contribution < -0.4 is 0 Å². The summed E-state index contributed by atoms with van der Waals surface area (Å²) in [7, 11) is 0. The summed E-state index contributed by atoms with van der Waals surface area (Å²) in [5, 5.41) is 0. The van der Waals surface area contributed by atoms with Crippen molar-refractivity contribution in [2.24, 2.45) is 5.92 Å². The molecular weight excluding hydrogens is 144 g/mol. The highest BCUT2D eigenvalue weighted by atomic mass is 16.5. The van der Waals surface area contributed by atoms with Gasteiger partial charge < -0.3 is 9.47 Å². The zero-order chi connectivity index (χ0) is 8.10. The van der Waals surface area contributed by atoms with Gasteiger partial charge in [0, 0.05) is 6.61 Å². The Morgan fingerprint density at radius 3 is 3.09 bits per heavy atom. The number of carbonyl (C=O) groups is 1. The summed E-state index contributed by atoms with van der Waals surface area (Å²) in [6.07, 6.45) is 1.52. The largest absolute Gasteiger partial charge is 0.466 e. The number of ether oxygens (including phenoxy) is 2. The lowest BCUT2D eigenvalue weighted by Gasteiger charge is -2.05. The van der Waals surface area contributed by atoms with E-state index in [0.717, 1.165) is 19.6 Å². The molecule has 0 saturated carbocycles. The van der Waals surface area contributed by atoms with Gasteiger partial charge in [-0.15, -0.1) is 0 Å². The van der Waals surface area contributed by atoms with Crippen molar-refractivity contribution in [1.29, 1.82) is 0 Å². The van der Waals surface area contributed by atoms with Crippen LogP contribution in [0.25, 0.3) is 0 Å². The molecule has 0 N–H and O–H groups in total. The SMILES string of the molecule is CCOC(=O)C[C@@H]1CCOC1. The van der Waals surface area contributed by atoms with E-state index in [-0.39, 0.29) is 5.97 Å². The van der Waals surface area contributed by atoms with Crippen LogP contribution in [0.4, 0.5) is 0 Å². The average molecular weight is 158 g/mol. The lowest BCUT2D eigenvalue weighted by atomic mass is 10.1. The second-order valence-electron chi connectivity index (χ2n) is 2.74. The number of hydrogen-bond donors (Lipinski definition) is 0. The fourth-order valence-corrected chi connectivity index (χ4v) is 1.20. The molecule has 0 unspecified atom stereocenters.